The van der Waals surface area contributed by atoms with Crippen LogP contribution < -0.4 is 4.74 Å². The van der Waals surface area contributed by atoms with Crippen LogP contribution in [0, 0.1) is 0 Å². The normalized spacial score (nSPS) is 19.6. The van der Waals surface area contributed by atoms with E-state index < -0.39 is 5.54 Å². The second-order valence-corrected chi connectivity index (χ2v) is 6.53. The zero-order valence-corrected chi connectivity index (χ0v) is 15.2. The molecule has 1 aromatic carbocycles. The number of benzene rings is 1. The highest BCUT2D eigenvalue weighted by Crippen LogP contribution is 2.35. The van der Waals surface area contributed by atoms with Gasteiger partial charge >= 0.3 is 5.97 Å². The number of hydrogen-bond donors (Lipinski definition) is 2. The maximum Gasteiger partial charge on any atom is 0.334 e. The Hall–Kier alpha value is -1.77. The number of aliphatic hydroxyl groups excluding tert-OH is 1. The first kappa shape index (κ1) is 19.6. The molecule has 2 rings (SSSR count). The van der Waals surface area contributed by atoms with Crippen molar-refractivity contribution in [1.82, 2.24) is 0 Å². The lowest BCUT2D eigenvalue weighted by molar-refractivity contribution is -0.147. The third kappa shape index (κ3) is 5.10. The zero-order chi connectivity index (χ0) is 18.3. The molecule has 0 saturated heterocycles. The number of thioether (sulfide) groups is 1. The van der Waals surface area contributed by atoms with E-state index in [0.717, 1.165) is 0 Å². The van der Waals surface area contributed by atoms with Gasteiger partial charge in [0.25, 0.3) is 0 Å². The van der Waals surface area contributed by atoms with Crippen LogP contribution in [0.1, 0.15) is 19.4 Å². The number of aliphatic imine (C=N–C) groups is 1. The molecule has 25 heavy (non-hydrogen) atoms. The second-order valence-electron chi connectivity index (χ2n) is 5.56. The molecular weight excluding hydrogens is 346 g/mol. The van der Waals surface area contributed by atoms with Gasteiger partial charge in [-0.1, -0.05) is 0 Å². The van der Waals surface area contributed by atoms with Crippen molar-refractivity contribution in [2.24, 2.45) is 4.99 Å². The van der Waals surface area contributed by atoms with Crippen molar-refractivity contribution in [3.63, 3.8) is 0 Å². The van der Waals surface area contributed by atoms with Gasteiger partial charge in [0.05, 0.1) is 26.4 Å². The van der Waals surface area contributed by atoms with Crippen molar-refractivity contribution in [1.29, 1.82) is 0 Å². The molecule has 138 valence electrons. The summed E-state index contributed by atoms with van der Waals surface area (Å²) in [6.07, 6.45) is 0. The van der Waals surface area contributed by atoms with Gasteiger partial charge in [0.2, 0.25) is 0 Å². The second kappa shape index (κ2) is 9.07. The third-order valence-electron chi connectivity index (χ3n) is 3.49. The first-order chi connectivity index (χ1) is 12.0. The van der Waals surface area contributed by atoms with E-state index in [2.05, 4.69) is 4.99 Å². The molecule has 0 fully saturated rings. The molecule has 0 aliphatic carbocycles. The molecule has 0 bridgehead atoms. The third-order valence-corrected chi connectivity index (χ3v) is 4.78. The number of carbonyl (C=O) groups excluding carboxylic acids is 1. The summed E-state index contributed by atoms with van der Waals surface area (Å²) in [7, 11) is 0. The van der Waals surface area contributed by atoms with Gasteiger partial charge in [-0.15, -0.1) is 11.8 Å². The first-order valence-corrected chi connectivity index (χ1v) is 9.03. The van der Waals surface area contributed by atoms with E-state index in [9.17, 15) is 9.90 Å². The number of nitrogens with zero attached hydrogens (tertiary/aromatic N) is 1. The number of rotatable bonds is 9. The molecule has 1 aromatic rings. The molecule has 0 radical (unpaired) electrons. The number of carbonyl (C=O) groups is 1. The van der Waals surface area contributed by atoms with E-state index >= 15 is 0 Å². The van der Waals surface area contributed by atoms with Crippen LogP contribution in [-0.4, -0.2) is 65.6 Å². The quantitative estimate of drug-likeness (QED) is 0.504. The van der Waals surface area contributed by atoms with Gasteiger partial charge in [-0.25, -0.2) is 4.79 Å². The summed E-state index contributed by atoms with van der Waals surface area (Å²) in [5, 5.41) is 19.5. The summed E-state index contributed by atoms with van der Waals surface area (Å²) in [5.74, 6) is 0.652. The van der Waals surface area contributed by atoms with E-state index in [1.54, 1.807) is 26.0 Å². The first-order valence-electron chi connectivity index (χ1n) is 8.05. The van der Waals surface area contributed by atoms with E-state index in [1.165, 1.54) is 17.8 Å². The molecular formula is C17H23NO6S. The molecule has 0 saturated carbocycles. The van der Waals surface area contributed by atoms with Gasteiger partial charge in [-0.3, -0.25) is 4.99 Å². The molecule has 2 N–H and O–H groups in total. The lowest BCUT2D eigenvalue weighted by Crippen LogP contribution is -2.35. The highest BCUT2D eigenvalue weighted by atomic mass is 32.2. The number of aromatic hydroxyl groups is 1. The highest BCUT2D eigenvalue weighted by molar-refractivity contribution is 8.14. The monoisotopic (exact) mass is 369 g/mol. The predicted octanol–water partition coefficient (Wildman–Crippen LogP) is 1.60. The van der Waals surface area contributed by atoms with Crippen molar-refractivity contribution in [2.75, 3.05) is 38.8 Å². The van der Waals surface area contributed by atoms with Crippen molar-refractivity contribution in [3.05, 3.63) is 23.8 Å². The van der Waals surface area contributed by atoms with Gasteiger partial charge in [0.1, 0.15) is 23.1 Å². The number of esters is 1. The molecule has 0 spiro atoms. The Balaban J connectivity index is 2.02. The smallest absolute Gasteiger partial charge is 0.334 e. The molecule has 1 atom stereocenters. The van der Waals surface area contributed by atoms with Crippen molar-refractivity contribution in [2.45, 2.75) is 19.4 Å². The average Bonchev–Trinajstić information content (AvgIpc) is 2.98. The fourth-order valence-corrected chi connectivity index (χ4v) is 3.39. The minimum Gasteiger partial charge on any atom is -0.507 e. The summed E-state index contributed by atoms with van der Waals surface area (Å²) in [6.45, 7) is 4.70. The van der Waals surface area contributed by atoms with Crippen molar-refractivity contribution in [3.8, 4) is 11.5 Å². The SMILES string of the molecule is CCOC(=O)[C@@]1(C)CSC(c2ccc(OCCOCCO)cc2O)=N1. The molecule has 0 amide bonds. The van der Waals surface area contributed by atoms with Gasteiger partial charge in [0.15, 0.2) is 5.54 Å². The minimum atomic E-state index is -0.929. The van der Waals surface area contributed by atoms with Crippen LogP contribution >= 0.6 is 11.8 Å². The van der Waals surface area contributed by atoms with Crippen LogP contribution in [0.15, 0.2) is 23.2 Å². The predicted molar refractivity (Wildman–Crippen MR) is 95.5 cm³/mol. The van der Waals surface area contributed by atoms with E-state index in [-0.39, 0.29) is 24.9 Å². The summed E-state index contributed by atoms with van der Waals surface area (Å²) in [4.78, 5) is 16.5. The molecule has 7 nitrogen and oxygen atoms in total. The van der Waals surface area contributed by atoms with Crippen LogP contribution in [0.25, 0.3) is 0 Å². The van der Waals surface area contributed by atoms with Crippen molar-refractivity contribution >= 4 is 22.8 Å². The van der Waals surface area contributed by atoms with Gasteiger partial charge in [-0.05, 0) is 26.0 Å². The van der Waals surface area contributed by atoms with Crippen LogP contribution in [-0.2, 0) is 14.3 Å². The molecule has 0 unspecified atom stereocenters. The largest absolute Gasteiger partial charge is 0.507 e. The van der Waals surface area contributed by atoms with Gasteiger partial charge in [0, 0.05) is 17.4 Å². The average molecular weight is 369 g/mol. The van der Waals surface area contributed by atoms with E-state index in [4.69, 9.17) is 19.3 Å². The van der Waals surface area contributed by atoms with E-state index in [0.29, 0.717) is 41.9 Å². The minimum absolute atomic E-state index is 0.0278. The summed E-state index contributed by atoms with van der Waals surface area (Å²) >= 11 is 1.41. The Morgan fingerprint density at radius 3 is 2.84 bits per heavy atom. The number of hydrogen-bond acceptors (Lipinski definition) is 8. The maximum atomic E-state index is 12.0. The Kier molecular flexibility index (Phi) is 7.10. The zero-order valence-electron chi connectivity index (χ0n) is 14.4. The summed E-state index contributed by atoms with van der Waals surface area (Å²) < 4.78 is 15.6. The lowest BCUT2D eigenvalue weighted by Gasteiger charge is -2.16. The molecule has 0 aromatic heterocycles. The number of ether oxygens (including phenoxy) is 3. The highest BCUT2D eigenvalue weighted by Gasteiger charge is 2.40. The van der Waals surface area contributed by atoms with Crippen LogP contribution in [0.3, 0.4) is 0 Å². The Bertz CT molecular complexity index is 636. The number of aliphatic hydroxyl groups is 1. The van der Waals surface area contributed by atoms with Crippen LogP contribution in [0.2, 0.25) is 0 Å². The van der Waals surface area contributed by atoms with Crippen LogP contribution in [0.5, 0.6) is 11.5 Å². The molecule has 1 aliphatic heterocycles. The Morgan fingerprint density at radius 1 is 1.36 bits per heavy atom. The van der Waals surface area contributed by atoms with Gasteiger partial charge in [-0.2, -0.15) is 0 Å². The fourth-order valence-electron chi connectivity index (χ4n) is 2.19. The molecule has 1 aliphatic rings. The fraction of sp³-hybridized carbons (Fsp3) is 0.529. The summed E-state index contributed by atoms with van der Waals surface area (Å²) in [5.41, 5.74) is -0.372. The number of phenolic OH excluding ortho intramolecular Hbond substituents is 1. The van der Waals surface area contributed by atoms with Crippen molar-refractivity contribution < 1.29 is 29.2 Å². The lowest BCUT2D eigenvalue weighted by atomic mass is 10.1. The maximum absolute atomic E-state index is 12.0. The molecule has 8 heteroatoms. The number of phenols is 1. The topological polar surface area (TPSA) is 97.6 Å². The molecule has 1 heterocycles. The van der Waals surface area contributed by atoms with E-state index in [1.807, 2.05) is 0 Å². The summed E-state index contributed by atoms with van der Waals surface area (Å²) in [6, 6.07) is 4.94. The Morgan fingerprint density at radius 2 is 2.16 bits per heavy atom. The van der Waals surface area contributed by atoms with Gasteiger partial charge < -0.3 is 24.4 Å². The van der Waals surface area contributed by atoms with Crippen LogP contribution in [0.4, 0.5) is 0 Å². The Labute approximate surface area is 151 Å². The standard InChI is InChI=1S/C17H23NO6S/c1-3-23-16(21)17(2)11-25-15(18-17)13-5-4-12(10-14(13)20)24-9-8-22-7-6-19/h4-5,10,19-20H,3,6-9,11H2,1-2H3/t17-/m1/s1.